The smallest absolute Gasteiger partial charge is 0.318 e. The largest absolute Gasteiger partial charge is 0.497 e. The molecule has 3 rings (SSSR count). The maximum Gasteiger partial charge on any atom is 0.318 e. The van der Waals surface area contributed by atoms with Gasteiger partial charge in [0.2, 0.25) is 5.91 Å². The summed E-state index contributed by atoms with van der Waals surface area (Å²) in [7, 11) is 3.30. The summed E-state index contributed by atoms with van der Waals surface area (Å²) in [5.74, 6) is 1.20. The summed E-state index contributed by atoms with van der Waals surface area (Å²) >= 11 is 0. The summed E-state index contributed by atoms with van der Waals surface area (Å²) in [6.07, 6.45) is 0. The summed E-state index contributed by atoms with van der Waals surface area (Å²) in [5.41, 5.74) is 7.06. The highest BCUT2D eigenvalue weighted by Crippen LogP contribution is 2.27. The predicted octanol–water partition coefficient (Wildman–Crippen LogP) is 1.76. The van der Waals surface area contributed by atoms with Gasteiger partial charge in [-0.25, -0.2) is 4.79 Å². The van der Waals surface area contributed by atoms with Crippen LogP contribution in [0.1, 0.15) is 17.2 Å². The van der Waals surface area contributed by atoms with Crippen molar-refractivity contribution >= 4 is 11.9 Å². The van der Waals surface area contributed by atoms with Crippen LogP contribution in [0.4, 0.5) is 4.79 Å². The van der Waals surface area contributed by atoms with Gasteiger partial charge in [0.15, 0.2) is 0 Å². The number of amides is 3. The number of benzene rings is 2. The van der Waals surface area contributed by atoms with Gasteiger partial charge >= 0.3 is 6.03 Å². The van der Waals surface area contributed by atoms with E-state index in [1.54, 1.807) is 14.2 Å². The molecule has 1 aliphatic rings. The number of urea groups is 1. The third-order valence-electron chi connectivity index (χ3n) is 5.26. The number of nitrogens with zero attached hydrogens (tertiary/aromatic N) is 2. The van der Waals surface area contributed by atoms with E-state index in [4.69, 9.17) is 15.2 Å². The molecule has 1 saturated heterocycles. The summed E-state index contributed by atoms with van der Waals surface area (Å²) in [4.78, 5) is 28.3. The third-order valence-corrected chi connectivity index (χ3v) is 5.26. The second-order valence-corrected chi connectivity index (χ2v) is 7.16. The van der Waals surface area contributed by atoms with Gasteiger partial charge in [-0.05, 0) is 23.8 Å². The van der Waals surface area contributed by atoms with Crippen molar-refractivity contribution in [3.8, 4) is 11.5 Å². The van der Waals surface area contributed by atoms with Crippen LogP contribution in [0.5, 0.6) is 11.5 Å². The lowest BCUT2D eigenvalue weighted by Gasteiger charge is -2.38. The van der Waals surface area contributed by atoms with E-state index in [9.17, 15) is 9.59 Å². The second kappa shape index (κ2) is 10.1. The number of carbonyl (C=O) groups is 2. The molecule has 0 aliphatic carbocycles. The van der Waals surface area contributed by atoms with Crippen molar-refractivity contribution in [2.75, 3.05) is 40.4 Å². The lowest BCUT2D eigenvalue weighted by Crippen LogP contribution is -2.51. The van der Waals surface area contributed by atoms with Gasteiger partial charge in [-0.2, -0.15) is 0 Å². The molecular formula is C22H28N4O4. The van der Waals surface area contributed by atoms with E-state index >= 15 is 0 Å². The maximum absolute atomic E-state index is 12.7. The van der Waals surface area contributed by atoms with E-state index in [-0.39, 0.29) is 0 Å². The van der Waals surface area contributed by atoms with E-state index in [0.29, 0.717) is 13.1 Å². The van der Waals surface area contributed by atoms with Crippen LogP contribution in [0.3, 0.4) is 0 Å². The maximum atomic E-state index is 12.7. The Bertz CT molecular complexity index is 867. The van der Waals surface area contributed by atoms with E-state index < -0.39 is 18.0 Å². The molecule has 0 aromatic heterocycles. The number of carbonyl (C=O) groups excluding carboxylic acids is 2. The zero-order valence-electron chi connectivity index (χ0n) is 17.3. The Morgan fingerprint density at radius 1 is 1.03 bits per heavy atom. The van der Waals surface area contributed by atoms with Crippen molar-refractivity contribution < 1.29 is 19.1 Å². The summed E-state index contributed by atoms with van der Waals surface area (Å²) in [6, 6.07) is 13.8. The Balaban J connectivity index is 1.69. The third kappa shape index (κ3) is 5.28. The molecule has 1 heterocycles. The number of primary amides is 1. The Kier molecular flexibility index (Phi) is 7.26. The van der Waals surface area contributed by atoms with Crippen molar-refractivity contribution in [3.05, 3.63) is 59.7 Å². The molecule has 2 aromatic rings. The normalized spacial score (nSPS) is 15.9. The minimum Gasteiger partial charge on any atom is -0.497 e. The highest BCUT2D eigenvalue weighted by Gasteiger charge is 2.31. The van der Waals surface area contributed by atoms with Crippen molar-refractivity contribution in [2.24, 2.45) is 5.73 Å². The van der Waals surface area contributed by atoms with Gasteiger partial charge in [0, 0.05) is 38.3 Å². The van der Waals surface area contributed by atoms with E-state index in [1.165, 1.54) is 0 Å². The monoisotopic (exact) mass is 412 g/mol. The number of ether oxygens (including phenoxy) is 2. The van der Waals surface area contributed by atoms with Crippen molar-refractivity contribution in [2.45, 2.75) is 12.6 Å². The topological polar surface area (TPSA) is 97.1 Å². The van der Waals surface area contributed by atoms with Gasteiger partial charge in [-0.3, -0.25) is 19.9 Å². The Hall–Kier alpha value is -3.10. The first-order chi connectivity index (χ1) is 14.5. The first-order valence-electron chi connectivity index (χ1n) is 9.84. The van der Waals surface area contributed by atoms with Gasteiger partial charge in [-0.15, -0.1) is 0 Å². The quantitative estimate of drug-likeness (QED) is 0.719. The molecule has 1 unspecified atom stereocenters. The molecule has 2 aromatic carbocycles. The Morgan fingerprint density at radius 3 is 2.33 bits per heavy atom. The molecule has 0 saturated carbocycles. The van der Waals surface area contributed by atoms with Crippen LogP contribution in [-0.2, 0) is 11.3 Å². The molecule has 3 N–H and O–H groups in total. The fourth-order valence-electron chi connectivity index (χ4n) is 3.78. The number of hydrogen-bond acceptors (Lipinski definition) is 6. The number of nitrogens with one attached hydrogen (secondary N) is 1. The van der Waals surface area contributed by atoms with Crippen LogP contribution in [-0.4, -0.2) is 62.1 Å². The van der Waals surface area contributed by atoms with Crippen LogP contribution in [0, 0.1) is 0 Å². The van der Waals surface area contributed by atoms with Gasteiger partial charge in [0.25, 0.3) is 0 Å². The Morgan fingerprint density at radius 2 is 1.73 bits per heavy atom. The first-order valence-corrected chi connectivity index (χ1v) is 9.84. The summed E-state index contributed by atoms with van der Waals surface area (Å²) < 4.78 is 10.8. The number of nitrogens with two attached hydrogens (primary N) is 1. The molecule has 1 fully saturated rings. The number of piperazine rings is 1. The molecule has 1 aliphatic heterocycles. The van der Waals surface area contributed by atoms with E-state index in [1.807, 2.05) is 48.5 Å². The number of hydrogen-bond donors (Lipinski definition) is 2. The van der Waals surface area contributed by atoms with Gasteiger partial charge < -0.3 is 15.2 Å². The van der Waals surface area contributed by atoms with Crippen LogP contribution < -0.4 is 20.5 Å². The molecule has 160 valence electrons. The minimum absolute atomic E-state index is 0.406. The van der Waals surface area contributed by atoms with E-state index in [2.05, 4.69) is 15.1 Å². The molecule has 0 spiro atoms. The van der Waals surface area contributed by atoms with Crippen LogP contribution in [0.25, 0.3) is 0 Å². The van der Waals surface area contributed by atoms with Gasteiger partial charge in [0.05, 0.1) is 14.2 Å². The number of rotatable bonds is 7. The SMILES string of the molecule is COc1ccc(OC)c(CN2CCN(C(C(=O)NC(N)=O)c3ccccc3)CC2)c1. The molecule has 3 amide bonds. The highest BCUT2D eigenvalue weighted by molar-refractivity contribution is 5.96. The Labute approximate surface area is 176 Å². The van der Waals surface area contributed by atoms with Crippen LogP contribution in [0.15, 0.2) is 48.5 Å². The summed E-state index contributed by atoms with van der Waals surface area (Å²) in [5, 5.41) is 2.23. The molecule has 0 bridgehead atoms. The van der Waals surface area contributed by atoms with Crippen LogP contribution in [0.2, 0.25) is 0 Å². The molecule has 8 nitrogen and oxygen atoms in total. The average Bonchev–Trinajstić information content (AvgIpc) is 2.75. The molecule has 1 atom stereocenters. The fraction of sp³-hybridized carbons (Fsp3) is 0.364. The fourth-order valence-corrected chi connectivity index (χ4v) is 3.78. The molecule has 0 radical (unpaired) electrons. The van der Waals surface area contributed by atoms with Gasteiger partial charge in [-0.1, -0.05) is 30.3 Å². The highest BCUT2D eigenvalue weighted by atomic mass is 16.5. The lowest BCUT2D eigenvalue weighted by atomic mass is 10.0. The first kappa shape index (κ1) is 21.6. The molecule has 30 heavy (non-hydrogen) atoms. The van der Waals surface area contributed by atoms with Gasteiger partial charge in [0.1, 0.15) is 17.5 Å². The van der Waals surface area contributed by atoms with Crippen LogP contribution >= 0.6 is 0 Å². The molecule has 8 heteroatoms. The summed E-state index contributed by atoms with van der Waals surface area (Å²) in [6.45, 7) is 3.62. The van der Waals surface area contributed by atoms with E-state index in [0.717, 1.165) is 42.3 Å². The van der Waals surface area contributed by atoms with Crippen molar-refractivity contribution in [3.63, 3.8) is 0 Å². The average molecular weight is 412 g/mol. The zero-order valence-corrected chi connectivity index (χ0v) is 17.3. The van der Waals surface area contributed by atoms with Crippen molar-refractivity contribution in [1.29, 1.82) is 0 Å². The predicted molar refractivity (Wildman–Crippen MR) is 113 cm³/mol. The second-order valence-electron chi connectivity index (χ2n) is 7.16. The van der Waals surface area contributed by atoms with Crippen molar-refractivity contribution in [1.82, 2.24) is 15.1 Å². The zero-order chi connectivity index (χ0) is 21.5. The standard InChI is InChI=1S/C22H28N4O4/c1-29-18-8-9-19(30-2)17(14-18)15-25-10-12-26(13-11-25)20(21(27)24-22(23)28)16-6-4-3-5-7-16/h3-9,14,20H,10-13,15H2,1-2H3,(H3,23,24,27,28). The number of methoxy groups -OCH3 is 2. The molecular weight excluding hydrogens is 384 g/mol. The number of imide groups is 1. The lowest BCUT2D eigenvalue weighted by molar-refractivity contribution is -0.126. The minimum atomic E-state index is -0.843.